The van der Waals surface area contributed by atoms with E-state index in [0.717, 1.165) is 18.9 Å². The summed E-state index contributed by atoms with van der Waals surface area (Å²) in [4.78, 5) is -0.335. The molecular weight excluding hydrogens is 257 g/mol. The van der Waals surface area contributed by atoms with Gasteiger partial charge in [-0.25, -0.2) is 17.5 Å². The molecule has 0 bridgehead atoms. The Labute approximate surface area is 107 Å². The van der Waals surface area contributed by atoms with Crippen molar-refractivity contribution in [1.82, 2.24) is 4.72 Å². The van der Waals surface area contributed by atoms with Gasteiger partial charge in [-0.2, -0.15) is 0 Å². The fraction of sp³-hybridized carbons (Fsp3) is 0.500. The van der Waals surface area contributed by atoms with E-state index >= 15 is 0 Å². The summed E-state index contributed by atoms with van der Waals surface area (Å²) in [6.45, 7) is 3.08. The van der Waals surface area contributed by atoms with Crippen molar-refractivity contribution in [1.29, 1.82) is 0 Å². The van der Waals surface area contributed by atoms with Gasteiger partial charge in [-0.15, -0.1) is 0 Å². The summed E-state index contributed by atoms with van der Waals surface area (Å²) in [6, 6.07) is 5.28. The van der Waals surface area contributed by atoms with E-state index in [1.165, 1.54) is 18.2 Å². The van der Waals surface area contributed by atoms with Crippen molar-refractivity contribution in [3.63, 3.8) is 0 Å². The largest absolute Gasteiger partial charge is 0.380 e. The van der Waals surface area contributed by atoms with E-state index < -0.39 is 15.8 Å². The van der Waals surface area contributed by atoms with Gasteiger partial charge in [-0.1, -0.05) is 25.5 Å². The molecule has 0 radical (unpaired) electrons. The average Bonchev–Trinajstić information content (AvgIpc) is 2.34. The second kappa shape index (κ2) is 7.45. The molecular formula is C12H18FNO3S. The fourth-order valence-electron chi connectivity index (χ4n) is 1.34. The lowest BCUT2D eigenvalue weighted by Crippen LogP contribution is -2.28. The quantitative estimate of drug-likeness (QED) is 0.737. The first-order valence-corrected chi connectivity index (χ1v) is 7.38. The lowest BCUT2D eigenvalue weighted by Gasteiger charge is -2.07. The van der Waals surface area contributed by atoms with Crippen LogP contribution in [0.5, 0.6) is 0 Å². The van der Waals surface area contributed by atoms with Gasteiger partial charge in [0.05, 0.1) is 6.61 Å². The Morgan fingerprint density at radius 3 is 2.67 bits per heavy atom. The maximum Gasteiger partial charge on any atom is 0.243 e. The Kier molecular flexibility index (Phi) is 6.24. The SMILES string of the molecule is CCCCOCCNS(=O)(=O)c1ccccc1F. The maximum atomic E-state index is 13.3. The van der Waals surface area contributed by atoms with Crippen LogP contribution >= 0.6 is 0 Å². The van der Waals surface area contributed by atoms with Crippen molar-refractivity contribution in [2.45, 2.75) is 24.7 Å². The first-order chi connectivity index (χ1) is 8.58. The molecule has 0 aliphatic rings. The first-order valence-electron chi connectivity index (χ1n) is 5.90. The van der Waals surface area contributed by atoms with Gasteiger partial charge in [0.1, 0.15) is 10.7 Å². The summed E-state index contributed by atoms with van der Waals surface area (Å²) in [5, 5.41) is 0. The minimum Gasteiger partial charge on any atom is -0.380 e. The number of unbranched alkanes of at least 4 members (excludes halogenated alkanes) is 1. The Morgan fingerprint density at radius 1 is 1.28 bits per heavy atom. The molecule has 0 spiro atoms. The molecule has 6 heteroatoms. The molecule has 18 heavy (non-hydrogen) atoms. The van der Waals surface area contributed by atoms with E-state index in [1.807, 2.05) is 6.92 Å². The van der Waals surface area contributed by atoms with Gasteiger partial charge in [0.2, 0.25) is 10.0 Å². The van der Waals surface area contributed by atoms with Crippen molar-refractivity contribution >= 4 is 10.0 Å². The summed E-state index contributed by atoms with van der Waals surface area (Å²) in [5.41, 5.74) is 0. The van der Waals surface area contributed by atoms with Crippen LogP contribution < -0.4 is 4.72 Å². The molecule has 0 fully saturated rings. The van der Waals surface area contributed by atoms with Crippen molar-refractivity contribution < 1.29 is 17.5 Å². The Hall–Kier alpha value is -0.980. The predicted octanol–water partition coefficient (Wildman–Crippen LogP) is 1.92. The Morgan fingerprint density at radius 2 is 2.00 bits per heavy atom. The highest BCUT2D eigenvalue weighted by atomic mass is 32.2. The number of hydrogen-bond acceptors (Lipinski definition) is 3. The topological polar surface area (TPSA) is 55.4 Å². The summed E-state index contributed by atoms with van der Waals surface area (Å²) in [7, 11) is -3.79. The smallest absolute Gasteiger partial charge is 0.243 e. The number of sulfonamides is 1. The molecule has 0 saturated carbocycles. The molecule has 1 N–H and O–H groups in total. The number of hydrogen-bond donors (Lipinski definition) is 1. The molecule has 4 nitrogen and oxygen atoms in total. The van der Waals surface area contributed by atoms with Gasteiger partial charge in [0.25, 0.3) is 0 Å². The molecule has 0 unspecified atom stereocenters. The molecule has 1 aromatic rings. The van der Waals surface area contributed by atoms with E-state index in [0.29, 0.717) is 6.61 Å². The molecule has 0 atom stereocenters. The fourth-order valence-corrected chi connectivity index (χ4v) is 2.43. The molecule has 0 aliphatic heterocycles. The third-order valence-corrected chi connectivity index (χ3v) is 3.80. The zero-order valence-corrected chi connectivity index (χ0v) is 11.2. The first kappa shape index (κ1) is 15.1. The van der Waals surface area contributed by atoms with Crippen LogP contribution in [-0.2, 0) is 14.8 Å². The molecule has 102 valence electrons. The summed E-state index contributed by atoms with van der Waals surface area (Å²) < 4.78 is 44.3. The summed E-state index contributed by atoms with van der Waals surface area (Å²) in [6.07, 6.45) is 1.97. The minimum absolute atomic E-state index is 0.139. The average molecular weight is 275 g/mol. The van der Waals surface area contributed by atoms with Gasteiger partial charge in [0.15, 0.2) is 0 Å². The van der Waals surface area contributed by atoms with E-state index in [-0.39, 0.29) is 18.0 Å². The maximum absolute atomic E-state index is 13.3. The van der Waals surface area contributed by atoms with Crippen molar-refractivity contribution in [3.8, 4) is 0 Å². The number of ether oxygens (including phenoxy) is 1. The molecule has 1 aromatic carbocycles. The van der Waals surface area contributed by atoms with Gasteiger partial charge >= 0.3 is 0 Å². The van der Waals surface area contributed by atoms with Crippen LogP contribution in [0.4, 0.5) is 4.39 Å². The zero-order valence-electron chi connectivity index (χ0n) is 10.4. The van der Waals surface area contributed by atoms with Crippen LogP contribution in [-0.4, -0.2) is 28.2 Å². The second-order valence-electron chi connectivity index (χ2n) is 3.79. The van der Waals surface area contributed by atoms with Crippen molar-refractivity contribution in [2.75, 3.05) is 19.8 Å². The molecule has 0 aromatic heterocycles. The van der Waals surface area contributed by atoms with E-state index in [2.05, 4.69) is 4.72 Å². The highest BCUT2D eigenvalue weighted by Crippen LogP contribution is 2.12. The normalized spacial score (nSPS) is 11.7. The van der Waals surface area contributed by atoms with Gasteiger partial charge < -0.3 is 4.74 Å². The molecule has 0 saturated heterocycles. The lowest BCUT2D eigenvalue weighted by molar-refractivity contribution is 0.136. The van der Waals surface area contributed by atoms with Crippen LogP contribution in [0, 0.1) is 5.82 Å². The van der Waals surface area contributed by atoms with E-state index in [1.54, 1.807) is 0 Å². The summed E-state index contributed by atoms with van der Waals surface area (Å²) in [5.74, 6) is -0.753. The number of halogens is 1. The minimum atomic E-state index is -3.79. The number of nitrogens with one attached hydrogen (secondary N) is 1. The standard InChI is InChI=1S/C12H18FNO3S/c1-2-3-9-17-10-8-14-18(15,16)12-7-5-4-6-11(12)13/h4-7,14H,2-3,8-10H2,1H3. The van der Waals surface area contributed by atoms with Crippen LogP contribution in [0.15, 0.2) is 29.2 Å². The van der Waals surface area contributed by atoms with Crippen LogP contribution in [0.2, 0.25) is 0 Å². The van der Waals surface area contributed by atoms with Crippen molar-refractivity contribution in [2.24, 2.45) is 0 Å². The molecule has 0 heterocycles. The van der Waals surface area contributed by atoms with Crippen molar-refractivity contribution in [3.05, 3.63) is 30.1 Å². The molecule has 0 amide bonds. The highest BCUT2D eigenvalue weighted by molar-refractivity contribution is 7.89. The monoisotopic (exact) mass is 275 g/mol. The lowest BCUT2D eigenvalue weighted by atomic mass is 10.4. The highest BCUT2D eigenvalue weighted by Gasteiger charge is 2.17. The molecule has 0 aliphatic carbocycles. The van der Waals surface area contributed by atoms with Crippen LogP contribution in [0.25, 0.3) is 0 Å². The van der Waals surface area contributed by atoms with E-state index in [4.69, 9.17) is 4.74 Å². The zero-order chi connectivity index (χ0) is 13.4. The predicted molar refractivity (Wildman–Crippen MR) is 67.3 cm³/mol. The third kappa shape index (κ3) is 4.72. The van der Waals surface area contributed by atoms with E-state index in [9.17, 15) is 12.8 Å². The Balaban J connectivity index is 2.44. The van der Waals surface area contributed by atoms with Gasteiger partial charge in [-0.05, 0) is 18.6 Å². The third-order valence-electron chi connectivity index (χ3n) is 2.31. The number of benzene rings is 1. The molecule has 1 rings (SSSR count). The van der Waals surface area contributed by atoms with Crippen LogP contribution in [0.3, 0.4) is 0 Å². The van der Waals surface area contributed by atoms with Gasteiger partial charge in [-0.3, -0.25) is 0 Å². The van der Waals surface area contributed by atoms with Crippen LogP contribution in [0.1, 0.15) is 19.8 Å². The second-order valence-corrected chi connectivity index (χ2v) is 5.53. The Bertz CT molecular complexity index is 462. The number of rotatable bonds is 8. The summed E-state index contributed by atoms with van der Waals surface area (Å²) >= 11 is 0. The van der Waals surface area contributed by atoms with Gasteiger partial charge in [0, 0.05) is 13.2 Å².